The number of carbonyl (C=O) groups excluding carboxylic acids is 2. The molecule has 138 valence electrons. The quantitative estimate of drug-likeness (QED) is 0.646. The number of amides is 1. The molecule has 0 aliphatic heterocycles. The van der Waals surface area contributed by atoms with Crippen molar-refractivity contribution in [2.75, 3.05) is 18.5 Å². The molecule has 0 aliphatic rings. The maximum absolute atomic E-state index is 12.1. The molecule has 1 aromatic heterocycles. The van der Waals surface area contributed by atoms with Crippen molar-refractivity contribution < 1.29 is 23.6 Å². The lowest BCUT2D eigenvalue weighted by molar-refractivity contribution is -0.149. The number of aryl methyl sites for hydroxylation is 1. The molecular formula is C20H18N2O5. The van der Waals surface area contributed by atoms with Crippen LogP contribution < -0.4 is 10.1 Å². The minimum Gasteiger partial charge on any atom is -0.463 e. The molecule has 27 heavy (non-hydrogen) atoms. The molecule has 0 bridgehead atoms. The molecule has 1 amide bonds. The lowest BCUT2D eigenvalue weighted by Crippen LogP contribution is -2.23. The Labute approximate surface area is 155 Å². The van der Waals surface area contributed by atoms with E-state index in [1.807, 2.05) is 48.5 Å². The van der Waals surface area contributed by atoms with Crippen LogP contribution >= 0.6 is 0 Å². The number of carbonyl (C=O) groups is 2. The van der Waals surface area contributed by atoms with Crippen LogP contribution in [0.2, 0.25) is 0 Å². The summed E-state index contributed by atoms with van der Waals surface area (Å²) in [6.07, 6.45) is 0. The van der Waals surface area contributed by atoms with Gasteiger partial charge in [-0.1, -0.05) is 48.5 Å². The van der Waals surface area contributed by atoms with Crippen LogP contribution in [0.3, 0.4) is 0 Å². The van der Waals surface area contributed by atoms with E-state index < -0.39 is 18.5 Å². The summed E-state index contributed by atoms with van der Waals surface area (Å²) in [5.41, 5.74) is 2.49. The minimum atomic E-state index is -0.679. The molecule has 7 heteroatoms. The van der Waals surface area contributed by atoms with Gasteiger partial charge in [-0.05, 0) is 23.7 Å². The second-order valence-electron chi connectivity index (χ2n) is 5.68. The third kappa shape index (κ3) is 5.18. The number of esters is 1. The highest BCUT2D eigenvalue weighted by Gasteiger charge is 2.12. The molecule has 7 nitrogen and oxygen atoms in total. The molecule has 3 rings (SSSR count). The summed E-state index contributed by atoms with van der Waals surface area (Å²) in [7, 11) is 0. The fraction of sp³-hybridized carbons (Fsp3) is 0.150. The molecular weight excluding hydrogens is 348 g/mol. The number of ether oxygens (including phenoxy) is 2. The Kier molecular flexibility index (Phi) is 5.84. The van der Waals surface area contributed by atoms with Gasteiger partial charge < -0.3 is 19.3 Å². The van der Waals surface area contributed by atoms with Crippen LogP contribution in [-0.2, 0) is 14.3 Å². The normalized spacial score (nSPS) is 10.3. The van der Waals surface area contributed by atoms with Gasteiger partial charge in [-0.25, -0.2) is 4.79 Å². The summed E-state index contributed by atoms with van der Waals surface area (Å²) >= 11 is 0. The van der Waals surface area contributed by atoms with Crippen LogP contribution in [0.4, 0.5) is 5.69 Å². The minimum absolute atomic E-state index is 0.186. The highest BCUT2D eigenvalue weighted by molar-refractivity contribution is 5.96. The average molecular weight is 366 g/mol. The number of hydrogen-bond acceptors (Lipinski definition) is 6. The van der Waals surface area contributed by atoms with Gasteiger partial charge in [-0.15, -0.1) is 0 Å². The van der Waals surface area contributed by atoms with Gasteiger partial charge in [-0.3, -0.25) is 4.79 Å². The van der Waals surface area contributed by atoms with Crippen molar-refractivity contribution >= 4 is 17.6 Å². The third-order valence-electron chi connectivity index (χ3n) is 3.59. The lowest BCUT2D eigenvalue weighted by Gasteiger charge is -2.11. The summed E-state index contributed by atoms with van der Waals surface area (Å²) in [6, 6.07) is 18.6. The van der Waals surface area contributed by atoms with E-state index in [2.05, 4.69) is 10.5 Å². The molecule has 1 N–H and O–H groups in total. The fourth-order valence-electron chi connectivity index (χ4n) is 2.38. The average Bonchev–Trinajstić information content (AvgIpc) is 3.11. The molecule has 0 aliphatic carbocycles. The van der Waals surface area contributed by atoms with Crippen LogP contribution in [0.1, 0.15) is 5.76 Å². The summed E-state index contributed by atoms with van der Waals surface area (Å²) < 4.78 is 14.8. The first-order chi connectivity index (χ1) is 13.1. The molecule has 0 atom stereocenters. The first-order valence-corrected chi connectivity index (χ1v) is 8.28. The first kappa shape index (κ1) is 18.2. The second kappa shape index (κ2) is 8.66. The van der Waals surface area contributed by atoms with E-state index >= 15 is 0 Å². The van der Waals surface area contributed by atoms with Gasteiger partial charge in [0.1, 0.15) is 5.76 Å². The summed E-state index contributed by atoms with van der Waals surface area (Å²) in [5, 5.41) is 6.35. The zero-order chi connectivity index (χ0) is 19.1. The Bertz CT molecular complexity index is 921. The van der Waals surface area contributed by atoms with E-state index in [0.29, 0.717) is 11.4 Å². The van der Waals surface area contributed by atoms with Crippen molar-refractivity contribution in [3.63, 3.8) is 0 Å². The number of anilines is 1. The zero-order valence-corrected chi connectivity index (χ0v) is 14.7. The molecule has 0 radical (unpaired) electrons. The topological polar surface area (TPSA) is 90.7 Å². The fourth-order valence-corrected chi connectivity index (χ4v) is 2.38. The van der Waals surface area contributed by atoms with Crippen molar-refractivity contribution in [3.8, 4) is 17.0 Å². The summed E-state index contributed by atoms with van der Waals surface area (Å²) in [5.74, 6) is -0.369. The van der Waals surface area contributed by atoms with Gasteiger partial charge in [-0.2, -0.15) is 0 Å². The molecule has 0 spiro atoms. The van der Waals surface area contributed by atoms with Crippen molar-refractivity contribution in [1.82, 2.24) is 5.16 Å². The van der Waals surface area contributed by atoms with E-state index in [-0.39, 0.29) is 12.5 Å². The van der Waals surface area contributed by atoms with Crippen molar-refractivity contribution in [1.29, 1.82) is 0 Å². The SMILES string of the molecule is Cc1cc(OCC(=O)OCC(=O)Nc2ccccc2-c2ccccc2)no1. The highest BCUT2D eigenvalue weighted by Crippen LogP contribution is 2.27. The predicted molar refractivity (Wildman–Crippen MR) is 98.2 cm³/mol. The van der Waals surface area contributed by atoms with Crippen LogP contribution in [0.15, 0.2) is 65.2 Å². The molecule has 3 aromatic rings. The Morgan fingerprint density at radius 3 is 2.52 bits per heavy atom. The number of nitrogens with zero attached hydrogens (tertiary/aromatic N) is 1. The van der Waals surface area contributed by atoms with E-state index in [4.69, 9.17) is 14.0 Å². The van der Waals surface area contributed by atoms with E-state index in [0.717, 1.165) is 11.1 Å². The number of hydrogen-bond donors (Lipinski definition) is 1. The van der Waals surface area contributed by atoms with Crippen molar-refractivity contribution in [3.05, 3.63) is 66.4 Å². The lowest BCUT2D eigenvalue weighted by atomic mass is 10.0. The van der Waals surface area contributed by atoms with Gasteiger partial charge in [0, 0.05) is 17.3 Å². The van der Waals surface area contributed by atoms with E-state index in [9.17, 15) is 9.59 Å². The molecule has 2 aromatic carbocycles. The standard InChI is InChI=1S/C20H18N2O5/c1-14-11-19(22-27-14)25-13-20(24)26-12-18(23)21-17-10-6-5-9-16(17)15-7-3-2-4-8-15/h2-11H,12-13H2,1H3,(H,21,23). The molecule has 0 saturated carbocycles. The first-order valence-electron chi connectivity index (χ1n) is 8.28. The third-order valence-corrected chi connectivity index (χ3v) is 3.59. The molecule has 1 heterocycles. The zero-order valence-electron chi connectivity index (χ0n) is 14.7. The van der Waals surface area contributed by atoms with Crippen LogP contribution in [0.5, 0.6) is 5.88 Å². The molecule has 0 saturated heterocycles. The van der Waals surface area contributed by atoms with Crippen LogP contribution in [0, 0.1) is 6.92 Å². The summed E-state index contributed by atoms with van der Waals surface area (Å²) in [6.45, 7) is 0.929. The maximum Gasteiger partial charge on any atom is 0.344 e. The van der Waals surface area contributed by atoms with Gasteiger partial charge >= 0.3 is 5.97 Å². The molecule has 0 fully saturated rings. The Morgan fingerprint density at radius 1 is 1.04 bits per heavy atom. The maximum atomic E-state index is 12.1. The smallest absolute Gasteiger partial charge is 0.344 e. The number of nitrogens with one attached hydrogen (secondary N) is 1. The largest absolute Gasteiger partial charge is 0.463 e. The van der Waals surface area contributed by atoms with Gasteiger partial charge in [0.2, 0.25) is 0 Å². The number of rotatable bonds is 7. The van der Waals surface area contributed by atoms with Crippen molar-refractivity contribution in [2.24, 2.45) is 0 Å². The number of benzene rings is 2. The van der Waals surface area contributed by atoms with E-state index in [1.54, 1.807) is 19.1 Å². The Balaban J connectivity index is 1.52. The number of para-hydroxylation sites is 1. The Morgan fingerprint density at radius 2 is 1.78 bits per heavy atom. The number of aromatic nitrogens is 1. The van der Waals surface area contributed by atoms with Gasteiger partial charge in [0.15, 0.2) is 13.2 Å². The van der Waals surface area contributed by atoms with Gasteiger partial charge in [0.25, 0.3) is 11.8 Å². The summed E-state index contributed by atoms with van der Waals surface area (Å²) in [4.78, 5) is 23.8. The van der Waals surface area contributed by atoms with Crippen molar-refractivity contribution in [2.45, 2.75) is 6.92 Å². The Hall–Kier alpha value is -3.61. The predicted octanol–water partition coefficient (Wildman–Crippen LogP) is 3.21. The monoisotopic (exact) mass is 366 g/mol. The van der Waals surface area contributed by atoms with Crippen LogP contribution in [-0.4, -0.2) is 30.2 Å². The molecule has 0 unspecified atom stereocenters. The highest BCUT2D eigenvalue weighted by atomic mass is 16.6. The van der Waals surface area contributed by atoms with Crippen LogP contribution in [0.25, 0.3) is 11.1 Å². The second-order valence-corrected chi connectivity index (χ2v) is 5.68. The van der Waals surface area contributed by atoms with E-state index in [1.165, 1.54) is 0 Å². The van der Waals surface area contributed by atoms with Gasteiger partial charge in [0.05, 0.1) is 0 Å².